The third kappa shape index (κ3) is 3.27. The fourth-order valence-corrected chi connectivity index (χ4v) is 1.04. The van der Waals surface area contributed by atoms with Crippen LogP contribution in [0, 0.1) is 27.4 Å². The standard InChI is InChI=1S/C8H3F4N3O3/c9-6-5(15(16)17)3-4(1-2-13)7(14-6)18-8(10,11)12/h3H,1H2. The second-order valence-electron chi connectivity index (χ2n) is 2.90. The number of ether oxygens (including phenoxy) is 1. The number of hydrogen-bond acceptors (Lipinski definition) is 5. The van der Waals surface area contributed by atoms with Crippen molar-refractivity contribution in [2.45, 2.75) is 12.8 Å². The van der Waals surface area contributed by atoms with E-state index in [1.54, 1.807) is 0 Å². The van der Waals surface area contributed by atoms with Gasteiger partial charge in [0, 0.05) is 11.6 Å². The molecule has 0 radical (unpaired) electrons. The SMILES string of the molecule is N#CCc1cc([N+](=O)[O-])c(F)nc1OC(F)(F)F. The van der Waals surface area contributed by atoms with Crippen molar-refractivity contribution in [1.82, 2.24) is 4.98 Å². The van der Waals surface area contributed by atoms with Crippen LogP contribution >= 0.6 is 0 Å². The van der Waals surface area contributed by atoms with Gasteiger partial charge in [-0.15, -0.1) is 13.2 Å². The second kappa shape index (κ2) is 4.82. The van der Waals surface area contributed by atoms with Crippen molar-refractivity contribution in [3.05, 3.63) is 27.7 Å². The molecule has 6 nitrogen and oxygen atoms in total. The predicted octanol–water partition coefficient (Wildman–Crippen LogP) is 2.09. The summed E-state index contributed by atoms with van der Waals surface area (Å²) in [6.07, 6.45) is -5.78. The fourth-order valence-electron chi connectivity index (χ4n) is 1.04. The fraction of sp³-hybridized carbons (Fsp3) is 0.250. The Morgan fingerprint density at radius 3 is 2.61 bits per heavy atom. The molecule has 1 heterocycles. The minimum absolute atomic E-state index is 0.479. The van der Waals surface area contributed by atoms with E-state index in [2.05, 4.69) is 9.72 Å². The van der Waals surface area contributed by atoms with Gasteiger partial charge in [0.25, 0.3) is 5.95 Å². The van der Waals surface area contributed by atoms with Crippen LogP contribution in [-0.2, 0) is 6.42 Å². The molecule has 0 aliphatic heterocycles. The average molecular weight is 265 g/mol. The molecule has 0 saturated heterocycles. The van der Waals surface area contributed by atoms with Gasteiger partial charge >= 0.3 is 12.0 Å². The minimum Gasteiger partial charge on any atom is -0.387 e. The molecule has 0 bridgehead atoms. The lowest BCUT2D eigenvalue weighted by atomic mass is 10.2. The highest BCUT2D eigenvalue weighted by Crippen LogP contribution is 2.28. The molecule has 0 aliphatic rings. The van der Waals surface area contributed by atoms with E-state index in [-0.39, 0.29) is 0 Å². The minimum atomic E-state index is -5.14. The molecule has 18 heavy (non-hydrogen) atoms. The second-order valence-corrected chi connectivity index (χ2v) is 2.90. The third-order valence-corrected chi connectivity index (χ3v) is 1.68. The lowest BCUT2D eigenvalue weighted by Gasteiger charge is -2.10. The zero-order chi connectivity index (χ0) is 13.9. The van der Waals surface area contributed by atoms with Crippen molar-refractivity contribution in [3.8, 4) is 11.9 Å². The number of nitro groups is 1. The Labute approximate surface area is 96.6 Å². The number of hydrogen-bond donors (Lipinski definition) is 0. The first kappa shape index (κ1) is 13.6. The molecule has 0 fully saturated rings. The van der Waals surface area contributed by atoms with E-state index in [4.69, 9.17) is 5.26 Å². The molecule has 0 aromatic carbocycles. The van der Waals surface area contributed by atoms with Crippen LogP contribution in [0.3, 0.4) is 0 Å². The molecule has 1 aromatic rings. The van der Waals surface area contributed by atoms with Gasteiger partial charge in [-0.2, -0.15) is 14.6 Å². The molecular weight excluding hydrogens is 262 g/mol. The van der Waals surface area contributed by atoms with Crippen LogP contribution in [0.25, 0.3) is 0 Å². The van der Waals surface area contributed by atoms with Crippen molar-refractivity contribution >= 4 is 5.69 Å². The summed E-state index contributed by atoms with van der Waals surface area (Å²) in [7, 11) is 0. The summed E-state index contributed by atoms with van der Waals surface area (Å²) in [6, 6.07) is 1.94. The van der Waals surface area contributed by atoms with Gasteiger partial charge in [0.05, 0.1) is 17.4 Å². The summed E-state index contributed by atoms with van der Waals surface area (Å²) in [4.78, 5) is 11.9. The predicted molar refractivity (Wildman–Crippen MR) is 46.8 cm³/mol. The maximum absolute atomic E-state index is 13.0. The zero-order valence-electron chi connectivity index (χ0n) is 8.36. The lowest BCUT2D eigenvalue weighted by molar-refractivity contribution is -0.388. The summed E-state index contributed by atoms with van der Waals surface area (Å²) in [6.45, 7) is 0. The van der Waals surface area contributed by atoms with Gasteiger partial charge in [-0.25, -0.2) is 0 Å². The van der Waals surface area contributed by atoms with Gasteiger partial charge in [-0.05, 0) is 0 Å². The van der Waals surface area contributed by atoms with Gasteiger partial charge in [-0.1, -0.05) is 0 Å². The number of pyridine rings is 1. The summed E-state index contributed by atoms with van der Waals surface area (Å²) < 4.78 is 52.2. The van der Waals surface area contributed by atoms with Crippen LogP contribution in [0.15, 0.2) is 6.07 Å². The van der Waals surface area contributed by atoms with Crippen molar-refractivity contribution in [2.75, 3.05) is 0 Å². The van der Waals surface area contributed by atoms with Gasteiger partial charge in [-0.3, -0.25) is 10.1 Å². The Morgan fingerprint density at radius 2 is 2.17 bits per heavy atom. The molecule has 0 spiro atoms. The topological polar surface area (TPSA) is 89.0 Å². The summed E-state index contributed by atoms with van der Waals surface area (Å²) in [5, 5.41) is 18.7. The van der Waals surface area contributed by atoms with E-state index in [9.17, 15) is 27.7 Å². The molecule has 0 N–H and O–H groups in total. The van der Waals surface area contributed by atoms with E-state index in [0.717, 1.165) is 0 Å². The van der Waals surface area contributed by atoms with Crippen molar-refractivity contribution in [2.24, 2.45) is 0 Å². The third-order valence-electron chi connectivity index (χ3n) is 1.68. The number of alkyl halides is 3. The van der Waals surface area contributed by atoms with E-state index < -0.39 is 40.8 Å². The van der Waals surface area contributed by atoms with Gasteiger partial charge in [0.1, 0.15) is 0 Å². The lowest BCUT2D eigenvalue weighted by Crippen LogP contribution is -2.19. The molecule has 10 heteroatoms. The summed E-state index contributed by atoms with van der Waals surface area (Å²) in [5.41, 5.74) is -1.65. The summed E-state index contributed by atoms with van der Waals surface area (Å²) >= 11 is 0. The summed E-state index contributed by atoms with van der Waals surface area (Å²) in [5.74, 6) is -2.94. The number of aromatic nitrogens is 1. The van der Waals surface area contributed by atoms with E-state index in [1.807, 2.05) is 0 Å². The maximum atomic E-state index is 13.0. The normalized spacial score (nSPS) is 10.8. The van der Waals surface area contributed by atoms with E-state index >= 15 is 0 Å². The maximum Gasteiger partial charge on any atom is 0.574 e. The highest BCUT2D eigenvalue weighted by atomic mass is 19.4. The van der Waals surface area contributed by atoms with Crippen LogP contribution < -0.4 is 4.74 Å². The first-order valence-corrected chi connectivity index (χ1v) is 4.21. The van der Waals surface area contributed by atoms with Gasteiger partial charge < -0.3 is 4.74 Å². The Kier molecular flexibility index (Phi) is 3.65. The quantitative estimate of drug-likeness (QED) is 0.361. The van der Waals surface area contributed by atoms with Gasteiger partial charge in [0.2, 0.25) is 5.88 Å². The largest absolute Gasteiger partial charge is 0.574 e. The zero-order valence-corrected chi connectivity index (χ0v) is 8.36. The average Bonchev–Trinajstić information content (AvgIpc) is 2.19. The van der Waals surface area contributed by atoms with Crippen molar-refractivity contribution < 1.29 is 27.2 Å². The molecule has 96 valence electrons. The highest BCUT2D eigenvalue weighted by molar-refractivity contribution is 5.40. The molecule has 0 atom stereocenters. The molecule has 0 aliphatic carbocycles. The molecular formula is C8H3F4N3O3. The van der Waals surface area contributed by atoms with Crippen molar-refractivity contribution in [3.63, 3.8) is 0 Å². The molecule has 0 saturated carbocycles. The van der Waals surface area contributed by atoms with Crippen LogP contribution in [0.5, 0.6) is 5.88 Å². The van der Waals surface area contributed by atoms with Crippen LogP contribution in [0.4, 0.5) is 23.2 Å². The molecule has 0 amide bonds. The van der Waals surface area contributed by atoms with Crippen molar-refractivity contribution in [1.29, 1.82) is 5.26 Å². The first-order valence-electron chi connectivity index (χ1n) is 4.21. The van der Waals surface area contributed by atoms with Crippen LogP contribution in [0.2, 0.25) is 0 Å². The highest BCUT2D eigenvalue weighted by Gasteiger charge is 2.34. The van der Waals surface area contributed by atoms with E-state index in [0.29, 0.717) is 6.07 Å². The Bertz CT molecular complexity index is 524. The number of nitrogens with zero attached hydrogens (tertiary/aromatic N) is 3. The Hall–Kier alpha value is -2.44. The first-order chi connectivity index (χ1) is 8.24. The number of nitriles is 1. The van der Waals surface area contributed by atoms with Crippen LogP contribution in [0.1, 0.15) is 5.56 Å². The van der Waals surface area contributed by atoms with E-state index in [1.165, 1.54) is 6.07 Å². The number of rotatable bonds is 3. The van der Waals surface area contributed by atoms with Gasteiger partial charge in [0.15, 0.2) is 0 Å². The molecule has 0 unspecified atom stereocenters. The monoisotopic (exact) mass is 265 g/mol. The Balaban J connectivity index is 3.29. The molecule has 1 rings (SSSR count). The smallest absolute Gasteiger partial charge is 0.387 e. The number of halogens is 4. The Morgan fingerprint density at radius 1 is 1.56 bits per heavy atom. The molecule has 1 aromatic heterocycles. The van der Waals surface area contributed by atoms with Crippen LogP contribution in [-0.4, -0.2) is 16.3 Å².